The van der Waals surface area contributed by atoms with Crippen molar-refractivity contribution in [2.24, 2.45) is 5.41 Å². The first-order valence-electron chi connectivity index (χ1n) is 5.49. The first kappa shape index (κ1) is 12.7. The van der Waals surface area contributed by atoms with E-state index in [0.717, 1.165) is 19.5 Å². The standard InChI is InChI=1S/C12H21NOS/c1-4-12(3,10(2)14)9-13-8-11-6-5-7-15-11/h5-7,10,13-14H,4,8-9H2,1-3H3. The van der Waals surface area contributed by atoms with Gasteiger partial charge in [0, 0.05) is 23.4 Å². The average molecular weight is 227 g/mol. The fraction of sp³-hybridized carbons (Fsp3) is 0.667. The van der Waals surface area contributed by atoms with Gasteiger partial charge in [0.25, 0.3) is 0 Å². The maximum atomic E-state index is 9.69. The Morgan fingerprint density at radius 3 is 2.80 bits per heavy atom. The molecule has 0 fully saturated rings. The van der Waals surface area contributed by atoms with Crippen molar-refractivity contribution < 1.29 is 5.11 Å². The Morgan fingerprint density at radius 1 is 1.60 bits per heavy atom. The molecule has 2 nitrogen and oxygen atoms in total. The highest BCUT2D eigenvalue weighted by atomic mass is 32.1. The summed E-state index contributed by atoms with van der Waals surface area (Å²) in [5.74, 6) is 0. The van der Waals surface area contributed by atoms with Gasteiger partial charge in [-0.1, -0.05) is 19.9 Å². The second-order valence-corrected chi connectivity index (χ2v) is 5.40. The Morgan fingerprint density at radius 2 is 2.33 bits per heavy atom. The quantitative estimate of drug-likeness (QED) is 0.783. The van der Waals surface area contributed by atoms with Crippen LogP contribution in [0.5, 0.6) is 0 Å². The SMILES string of the molecule is CCC(C)(CNCc1cccs1)C(C)O. The molecule has 0 amide bonds. The molecule has 2 N–H and O–H groups in total. The van der Waals surface area contributed by atoms with E-state index in [9.17, 15) is 5.11 Å². The zero-order valence-corrected chi connectivity index (χ0v) is 10.6. The second-order valence-electron chi connectivity index (χ2n) is 4.37. The molecule has 2 atom stereocenters. The Balaban J connectivity index is 2.35. The van der Waals surface area contributed by atoms with Crippen molar-refractivity contribution in [3.63, 3.8) is 0 Å². The molecule has 1 heterocycles. The van der Waals surface area contributed by atoms with Gasteiger partial charge < -0.3 is 10.4 Å². The maximum absolute atomic E-state index is 9.69. The molecule has 0 saturated carbocycles. The van der Waals surface area contributed by atoms with Gasteiger partial charge in [-0.15, -0.1) is 11.3 Å². The molecule has 0 aliphatic rings. The molecule has 2 unspecified atom stereocenters. The van der Waals surface area contributed by atoms with Crippen LogP contribution in [-0.2, 0) is 6.54 Å². The van der Waals surface area contributed by atoms with Crippen LogP contribution >= 0.6 is 11.3 Å². The van der Waals surface area contributed by atoms with Crippen molar-refractivity contribution in [1.82, 2.24) is 5.32 Å². The molecule has 3 heteroatoms. The Kier molecular flexibility index (Phi) is 4.77. The lowest BCUT2D eigenvalue weighted by molar-refractivity contribution is 0.0489. The third-order valence-electron chi connectivity index (χ3n) is 3.22. The van der Waals surface area contributed by atoms with E-state index in [-0.39, 0.29) is 11.5 Å². The number of rotatable bonds is 6. The third kappa shape index (κ3) is 3.59. The highest BCUT2D eigenvalue weighted by Gasteiger charge is 2.27. The van der Waals surface area contributed by atoms with Crippen LogP contribution in [0.2, 0.25) is 0 Å². The van der Waals surface area contributed by atoms with Gasteiger partial charge in [-0.3, -0.25) is 0 Å². The first-order chi connectivity index (χ1) is 7.08. The number of thiophene rings is 1. The highest BCUT2D eigenvalue weighted by Crippen LogP contribution is 2.24. The molecule has 1 aromatic rings. The molecule has 1 aromatic heterocycles. The Labute approximate surface area is 96.3 Å². The van der Waals surface area contributed by atoms with E-state index in [0.29, 0.717) is 0 Å². The van der Waals surface area contributed by atoms with Crippen LogP contribution in [0.15, 0.2) is 17.5 Å². The normalized spacial score (nSPS) is 17.3. The van der Waals surface area contributed by atoms with Gasteiger partial charge in [0.2, 0.25) is 0 Å². The summed E-state index contributed by atoms with van der Waals surface area (Å²) in [6, 6.07) is 4.19. The van der Waals surface area contributed by atoms with E-state index in [1.807, 2.05) is 6.92 Å². The van der Waals surface area contributed by atoms with Crippen LogP contribution in [0.1, 0.15) is 32.1 Å². The topological polar surface area (TPSA) is 32.3 Å². The summed E-state index contributed by atoms with van der Waals surface area (Å²) in [7, 11) is 0. The van der Waals surface area contributed by atoms with Crippen LogP contribution in [0, 0.1) is 5.41 Å². The van der Waals surface area contributed by atoms with Gasteiger partial charge in [-0.2, -0.15) is 0 Å². The molecule has 15 heavy (non-hydrogen) atoms. The van der Waals surface area contributed by atoms with E-state index in [1.54, 1.807) is 11.3 Å². The molecular weight excluding hydrogens is 206 g/mol. The van der Waals surface area contributed by atoms with E-state index in [2.05, 4.69) is 36.7 Å². The van der Waals surface area contributed by atoms with Crippen LogP contribution in [0.4, 0.5) is 0 Å². The summed E-state index contributed by atoms with van der Waals surface area (Å²) in [5, 5.41) is 15.2. The minimum atomic E-state index is -0.265. The van der Waals surface area contributed by atoms with Gasteiger partial charge in [0.1, 0.15) is 0 Å². The van der Waals surface area contributed by atoms with Crippen molar-refractivity contribution in [3.8, 4) is 0 Å². The molecule has 0 bridgehead atoms. The largest absolute Gasteiger partial charge is 0.393 e. The fourth-order valence-corrected chi connectivity index (χ4v) is 2.13. The van der Waals surface area contributed by atoms with Gasteiger partial charge in [-0.25, -0.2) is 0 Å². The van der Waals surface area contributed by atoms with Crippen molar-refractivity contribution in [3.05, 3.63) is 22.4 Å². The smallest absolute Gasteiger partial charge is 0.0577 e. The van der Waals surface area contributed by atoms with Crippen LogP contribution in [0.3, 0.4) is 0 Å². The third-order valence-corrected chi connectivity index (χ3v) is 4.10. The lowest BCUT2D eigenvalue weighted by Crippen LogP contribution is -2.39. The van der Waals surface area contributed by atoms with Gasteiger partial charge in [0.05, 0.1) is 6.10 Å². The molecule has 0 spiro atoms. The van der Waals surface area contributed by atoms with Crippen LogP contribution < -0.4 is 5.32 Å². The Bertz CT molecular complexity index is 271. The molecule has 0 aliphatic carbocycles. The van der Waals surface area contributed by atoms with E-state index >= 15 is 0 Å². The number of aliphatic hydroxyl groups excluding tert-OH is 1. The molecule has 0 radical (unpaired) electrons. The second kappa shape index (κ2) is 5.64. The number of hydrogen-bond donors (Lipinski definition) is 2. The number of aliphatic hydroxyl groups is 1. The van der Waals surface area contributed by atoms with Crippen molar-refractivity contribution in [2.75, 3.05) is 6.54 Å². The predicted octanol–water partition coefficient (Wildman–Crippen LogP) is 2.63. The molecule has 86 valence electrons. The predicted molar refractivity (Wildman–Crippen MR) is 66.1 cm³/mol. The van der Waals surface area contributed by atoms with Crippen molar-refractivity contribution in [2.45, 2.75) is 39.8 Å². The Hall–Kier alpha value is -0.380. The van der Waals surface area contributed by atoms with Gasteiger partial charge in [-0.05, 0) is 24.8 Å². The van der Waals surface area contributed by atoms with Crippen molar-refractivity contribution in [1.29, 1.82) is 0 Å². The van der Waals surface area contributed by atoms with Crippen LogP contribution in [0.25, 0.3) is 0 Å². The van der Waals surface area contributed by atoms with Crippen LogP contribution in [-0.4, -0.2) is 17.8 Å². The van der Waals surface area contributed by atoms with Gasteiger partial charge >= 0.3 is 0 Å². The van der Waals surface area contributed by atoms with E-state index in [1.165, 1.54) is 4.88 Å². The number of hydrogen-bond acceptors (Lipinski definition) is 3. The minimum absolute atomic E-state index is 0.0166. The van der Waals surface area contributed by atoms with Gasteiger partial charge in [0.15, 0.2) is 0 Å². The average Bonchev–Trinajstić information content (AvgIpc) is 2.70. The van der Waals surface area contributed by atoms with E-state index < -0.39 is 0 Å². The molecule has 0 saturated heterocycles. The summed E-state index contributed by atoms with van der Waals surface area (Å²) < 4.78 is 0. The highest BCUT2D eigenvalue weighted by molar-refractivity contribution is 7.09. The molecule has 1 rings (SSSR count). The summed E-state index contributed by atoms with van der Waals surface area (Å²) >= 11 is 1.76. The summed E-state index contributed by atoms with van der Waals surface area (Å²) in [6.07, 6.45) is 0.723. The summed E-state index contributed by atoms with van der Waals surface area (Å²) in [6.45, 7) is 7.88. The van der Waals surface area contributed by atoms with Crippen molar-refractivity contribution >= 4 is 11.3 Å². The monoisotopic (exact) mass is 227 g/mol. The lowest BCUT2D eigenvalue weighted by Gasteiger charge is -2.31. The fourth-order valence-electron chi connectivity index (χ4n) is 1.45. The van der Waals surface area contributed by atoms with E-state index in [4.69, 9.17) is 0 Å². The zero-order valence-electron chi connectivity index (χ0n) is 9.79. The lowest BCUT2D eigenvalue weighted by atomic mass is 9.82. The maximum Gasteiger partial charge on any atom is 0.0577 e. The number of nitrogens with one attached hydrogen (secondary N) is 1. The molecule has 0 aromatic carbocycles. The first-order valence-corrected chi connectivity index (χ1v) is 6.37. The summed E-state index contributed by atoms with van der Waals surface area (Å²) in [4.78, 5) is 1.35. The zero-order chi connectivity index (χ0) is 11.3. The molecular formula is C12H21NOS. The minimum Gasteiger partial charge on any atom is -0.393 e. The summed E-state index contributed by atoms with van der Waals surface area (Å²) in [5.41, 5.74) is -0.0166. The molecule has 0 aliphatic heterocycles.